The molecule has 2 aromatic carbocycles. The van der Waals surface area contributed by atoms with Gasteiger partial charge in [0.2, 0.25) is 5.91 Å². The lowest BCUT2D eigenvalue weighted by atomic mass is 10.1. The number of anilines is 1. The predicted molar refractivity (Wildman–Crippen MR) is 121 cm³/mol. The summed E-state index contributed by atoms with van der Waals surface area (Å²) >= 11 is 1.40. The number of carbonyl (C=O) groups is 1. The minimum atomic E-state index is 0.0161. The number of fused-ring (bicyclic) bond motifs is 2. The van der Waals surface area contributed by atoms with Gasteiger partial charge < -0.3 is 4.90 Å². The van der Waals surface area contributed by atoms with E-state index in [1.807, 2.05) is 51.9 Å². The highest BCUT2D eigenvalue weighted by Gasteiger charge is 2.31. The van der Waals surface area contributed by atoms with Gasteiger partial charge in [0.25, 0.3) is 5.56 Å². The number of thioether (sulfide) groups is 1. The molecule has 3 aromatic rings. The lowest BCUT2D eigenvalue weighted by molar-refractivity contribution is -0.116. The molecule has 5 rings (SSSR count). The first-order valence-corrected chi connectivity index (χ1v) is 11.7. The van der Waals surface area contributed by atoms with E-state index in [9.17, 15) is 9.59 Å². The smallest absolute Gasteiger partial charge is 0.262 e. The highest BCUT2D eigenvalue weighted by molar-refractivity contribution is 7.99. The molecule has 0 spiro atoms. The Balaban J connectivity index is 1.46. The molecule has 0 saturated heterocycles. The van der Waals surface area contributed by atoms with Gasteiger partial charge in [0.15, 0.2) is 5.16 Å². The molecule has 0 radical (unpaired) electrons. The van der Waals surface area contributed by atoms with Crippen LogP contribution in [0.1, 0.15) is 44.2 Å². The third kappa shape index (κ3) is 3.33. The highest BCUT2D eigenvalue weighted by Crippen LogP contribution is 2.34. The van der Waals surface area contributed by atoms with Gasteiger partial charge in [0.05, 0.1) is 16.7 Å². The van der Waals surface area contributed by atoms with Crippen molar-refractivity contribution in [3.05, 3.63) is 64.4 Å². The van der Waals surface area contributed by atoms with Gasteiger partial charge in [-0.3, -0.25) is 14.2 Å². The van der Waals surface area contributed by atoms with Crippen molar-refractivity contribution in [2.45, 2.75) is 56.3 Å². The summed E-state index contributed by atoms with van der Waals surface area (Å²) in [5, 5.41) is 1.32. The van der Waals surface area contributed by atoms with E-state index in [-0.39, 0.29) is 29.3 Å². The maximum atomic E-state index is 13.3. The Morgan fingerprint density at radius 2 is 1.83 bits per heavy atom. The third-order valence-corrected chi connectivity index (χ3v) is 7.20. The largest absolute Gasteiger partial charge is 0.308 e. The lowest BCUT2D eigenvalue weighted by Crippen LogP contribution is -2.37. The Labute approximate surface area is 180 Å². The van der Waals surface area contributed by atoms with Gasteiger partial charge in [-0.25, -0.2) is 4.98 Å². The Hall–Kier alpha value is -2.60. The van der Waals surface area contributed by atoms with Crippen molar-refractivity contribution in [2.75, 3.05) is 10.7 Å². The second-order valence-corrected chi connectivity index (χ2v) is 9.20. The van der Waals surface area contributed by atoms with Gasteiger partial charge in [0, 0.05) is 17.8 Å². The van der Waals surface area contributed by atoms with Crippen LogP contribution < -0.4 is 10.5 Å². The number of aromatic nitrogens is 2. The van der Waals surface area contributed by atoms with E-state index in [1.54, 1.807) is 0 Å². The van der Waals surface area contributed by atoms with E-state index in [0.717, 1.165) is 37.8 Å². The topological polar surface area (TPSA) is 55.2 Å². The van der Waals surface area contributed by atoms with Crippen molar-refractivity contribution in [1.82, 2.24) is 9.55 Å². The van der Waals surface area contributed by atoms with Crippen LogP contribution in [0.3, 0.4) is 0 Å². The summed E-state index contributed by atoms with van der Waals surface area (Å²) in [4.78, 5) is 33.1. The van der Waals surface area contributed by atoms with Crippen LogP contribution in [0.2, 0.25) is 0 Å². The maximum absolute atomic E-state index is 13.3. The molecule has 6 heteroatoms. The minimum Gasteiger partial charge on any atom is -0.308 e. The number of amides is 1. The summed E-state index contributed by atoms with van der Waals surface area (Å²) in [5.74, 6) is 0.341. The number of hydrogen-bond acceptors (Lipinski definition) is 4. The molecule has 30 heavy (non-hydrogen) atoms. The van der Waals surface area contributed by atoms with Gasteiger partial charge >= 0.3 is 0 Å². The van der Waals surface area contributed by atoms with E-state index >= 15 is 0 Å². The molecule has 1 amide bonds. The van der Waals surface area contributed by atoms with Crippen LogP contribution in [-0.2, 0) is 11.2 Å². The average Bonchev–Trinajstić information content (AvgIpc) is 3.39. The van der Waals surface area contributed by atoms with Crippen LogP contribution >= 0.6 is 11.8 Å². The predicted octanol–water partition coefficient (Wildman–Crippen LogP) is 4.58. The summed E-state index contributed by atoms with van der Waals surface area (Å²) in [5.41, 5.74) is 2.94. The monoisotopic (exact) mass is 419 g/mol. The average molecular weight is 420 g/mol. The van der Waals surface area contributed by atoms with Crippen molar-refractivity contribution < 1.29 is 4.79 Å². The zero-order valence-electron chi connectivity index (χ0n) is 17.1. The summed E-state index contributed by atoms with van der Waals surface area (Å²) in [6.07, 6.45) is 5.15. The third-order valence-electron chi connectivity index (χ3n) is 6.27. The Kier molecular flexibility index (Phi) is 5.11. The quantitative estimate of drug-likeness (QED) is 0.459. The number of carbonyl (C=O) groups excluding carboxylic acids is 1. The number of para-hydroxylation sites is 2. The molecule has 1 aromatic heterocycles. The van der Waals surface area contributed by atoms with Gasteiger partial charge in [-0.05, 0) is 49.9 Å². The fourth-order valence-electron chi connectivity index (χ4n) is 4.85. The summed E-state index contributed by atoms with van der Waals surface area (Å²) in [7, 11) is 0. The molecule has 5 nitrogen and oxygen atoms in total. The summed E-state index contributed by atoms with van der Waals surface area (Å²) in [6, 6.07) is 15.9. The van der Waals surface area contributed by atoms with Crippen LogP contribution in [0.25, 0.3) is 10.9 Å². The van der Waals surface area contributed by atoms with E-state index in [4.69, 9.17) is 4.98 Å². The molecule has 2 aliphatic rings. The number of nitrogens with zero attached hydrogens (tertiary/aromatic N) is 3. The molecular weight excluding hydrogens is 394 g/mol. The molecular formula is C24H25N3O2S. The second kappa shape index (κ2) is 7.91. The molecule has 154 valence electrons. The zero-order valence-corrected chi connectivity index (χ0v) is 17.9. The van der Waals surface area contributed by atoms with Crippen molar-refractivity contribution >= 4 is 34.3 Å². The number of rotatable bonds is 4. The zero-order chi connectivity index (χ0) is 20.7. The molecule has 1 atom stereocenters. The van der Waals surface area contributed by atoms with Gasteiger partial charge in [-0.15, -0.1) is 0 Å². The maximum Gasteiger partial charge on any atom is 0.262 e. The Morgan fingerprint density at radius 3 is 2.67 bits per heavy atom. The molecule has 1 aliphatic heterocycles. The number of benzene rings is 2. The lowest BCUT2D eigenvalue weighted by Gasteiger charge is -2.23. The molecule has 1 saturated carbocycles. The van der Waals surface area contributed by atoms with Crippen molar-refractivity contribution in [1.29, 1.82) is 0 Å². The normalized spacial score (nSPS) is 18.8. The van der Waals surface area contributed by atoms with Crippen LogP contribution in [0.5, 0.6) is 0 Å². The molecule has 1 unspecified atom stereocenters. The fraction of sp³-hybridized carbons (Fsp3) is 0.375. The van der Waals surface area contributed by atoms with Crippen molar-refractivity contribution in [2.24, 2.45) is 0 Å². The summed E-state index contributed by atoms with van der Waals surface area (Å²) in [6.45, 7) is 2.09. The molecule has 2 heterocycles. The first-order valence-electron chi connectivity index (χ1n) is 10.7. The number of hydrogen-bond donors (Lipinski definition) is 0. The van der Waals surface area contributed by atoms with Gasteiger partial charge in [-0.2, -0.15) is 0 Å². The first-order chi connectivity index (χ1) is 14.6. The standard InChI is InChI=1S/C24H25N3O2S/c1-16-14-17-8-2-7-13-21(17)26(16)22(28)15-30-24-25-20-12-6-5-11-19(20)23(29)27(24)18-9-3-4-10-18/h2,5-8,11-13,16,18H,3-4,9-10,14-15H2,1H3. The van der Waals surface area contributed by atoms with Gasteiger partial charge in [-0.1, -0.05) is 54.9 Å². The molecule has 1 fully saturated rings. The van der Waals surface area contributed by atoms with Crippen LogP contribution in [0.4, 0.5) is 5.69 Å². The second-order valence-electron chi connectivity index (χ2n) is 8.26. The Bertz CT molecular complexity index is 1170. The fourth-order valence-corrected chi connectivity index (χ4v) is 5.78. The van der Waals surface area contributed by atoms with Crippen LogP contribution in [0.15, 0.2) is 58.5 Å². The van der Waals surface area contributed by atoms with E-state index in [2.05, 4.69) is 13.0 Å². The molecule has 1 aliphatic carbocycles. The van der Waals surface area contributed by atoms with Crippen LogP contribution in [-0.4, -0.2) is 27.3 Å². The van der Waals surface area contributed by atoms with Crippen molar-refractivity contribution in [3.8, 4) is 0 Å². The van der Waals surface area contributed by atoms with E-state index in [1.165, 1.54) is 17.3 Å². The Morgan fingerprint density at radius 1 is 1.10 bits per heavy atom. The minimum absolute atomic E-state index is 0.0161. The SMILES string of the molecule is CC1Cc2ccccc2N1C(=O)CSc1nc2ccccc2c(=O)n1C1CCCC1. The molecule has 0 bridgehead atoms. The molecule has 0 N–H and O–H groups in total. The first kappa shape index (κ1) is 19.4. The van der Waals surface area contributed by atoms with Crippen molar-refractivity contribution in [3.63, 3.8) is 0 Å². The van der Waals surface area contributed by atoms with Gasteiger partial charge in [0.1, 0.15) is 0 Å². The van der Waals surface area contributed by atoms with E-state index < -0.39 is 0 Å². The van der Waals surface area contributed by atoms with Crippen LogP contribution in [0, 0.1) is 0 Å². The summed E-state index contributed by atoms with van der Waals surface area (Å²) < 4.78 is 1.86. The van der Waals surface area contributed by atoms with E-state index in [0.29, 0.717) is 16.1 Å². The highest BCUT2D eigenvalue weighted by atomic mass is 32.2.